The van der Waals surface area contributed by atoms with Gasteiger partial charge in [-0.3, -0.25) is 9.36 Å². The Hall–Kier alpha value is -1.75. The van der Waals surface area contributed by atoms with Crippen molar-refractivity contribution in [2.24, 2.45) is 0 Å². The van der Waals surface area contributed by atoms with Crippen molar-refractivity contribution in [3.05, 3.63) is 41.7 Å². The zero-order valence-corrected chi connectivity index (χ0v) is 15.3. The third-order valence-corrected chi connectivity index (χ3v) is 5.45. The second kappa shape index (κ2) is 7.88. The normalized spacial score (nSPS) is 15.3. The number of imidazole rings is 1. The molecule has 0 unspecified atom stereocenters. The molecule has 2 aromatic rings. The largest absolute Gasteiger partial charge is 0.342 e. The van der Waals surface area contributed by atoms with Crippen LogP contribution in [-0.2, 0) is 4.79 Å². The average Bonchev–Trinajstić information content (AvgIpc) is 2.85. The molecule has 0 N–H and O–H groups in total. The number of benzene rings is 1. The zero-order chi connectivity index (χ0) is 16.9. The summed E-state index contributed by atoms with van der Waals surface area (Å²) in [5, 5.41) is 0.880. The highest BCUT2D eigenvalue weighted by molar-refractivity contribution is 7.99. The Morgan fingerprint density at radius 1 is 1.17 bits per heavy atom. The number of hydrogen-bond acceptors (Lipinski definition) is 3. The van der Waals surface area contributed by atoms with E-state index in [9.17, 15) is 4.79 Å². The van der Waals surface area contributed by atoms with Gasteiger partial charge >= 0.3 is 0 Å². The van der Waals surface area contributed by atoms with E-state index in [1.165, 1.54) is 35.7 Å². The fourth-order valence-corrected chi connectivity index (χ4v) is 4.06. The Morgan fingerprint density at radius 3 is 2.62 bits per heavy atom. The Labute approximate surface area is 148 Å². The second-order valence-electron chi connectivity index (χ2n) is 6.45. The number of likely N-dealkylation sites (tertiary alicyclic amines) is 1. The first-order valence-corrected chi connectivity index (χ1v) is 9.65. The molecule has 1 saturated heterocycles. The lowest BCUT2D eigenvalue weighted by Crippen LogP contribution is -2.33. The minimum Gasteiger partial charge on any atom is -0.342 e. The van der Waals surface area contributed by atoms with E-state index in [0.29, 0.717) is 5.75 Å². The van der Waals surface area contributed by atoms with Gasteiger partial charge in [0.1, 0.15) is 0 Å². The molecule has 4 nitrogen and oxygen atoms in total. The van der Waals surface area contributed by atoms with E-state index in [1.807, 2.05) is 11.1 Å². The Balaban J connectivity index is 1.68. The van der Waals surface area contributed by atoms with E-state index in [-0.39, 0.29) is 5.91 Å². The van der Waals surface area contributed by atoms with Gasteiger partial charge in [-0.05, 0) is 38.3 Å². The van der Waals surface area contributed by atoms with Gasteiger partial charge < -0.3 is 4.90 Å². The molecule has 1 aliphatic rings. The van der Waals surface area contributed by atoms with Gasteiger partial charge in [0.15, 0.2) is 5.16 Å². The fraction of sp³-hybridized carbons (Fsp3) is 0.474. The van der Waals surface area contributed by atoms with E-state index < -0.39 is 0 Å². The van der Waals surface area contributed by atoms with E-state index in [4.69, 9.17) is 0 Å². The first-order valence-electron chi connectivity index (χ1n) is 8.67. The molecule has 0 aliphatic carbocycles. The summed E-state index contributed by atoms with van der Waals surface area (Å²) in [7, 11) is 0. The molecule has 5 heteroatoms. The molecule has 2 heterocycles. The predicted molar refractivity (Wildman–Crippen MR) is 98.8 cm³/mol. The van der Waals surface area contributed by atoms with Crippen LogP contribution < -0.4 is 0 Å². The minimum absolute atomic E-state index is 0.233. The summed E-state index contributed by atoms with van der Waals surface area (Å²) in [4.78, 5) is 18.9. The third-order valence-electron chi connectivity index (χ3n) is 4.50. The zero-order valence-electron chi connectivity index (χ0n) is 14.5. The summed E-state index contributed by atoms with van der Waals surface area (Å²) in [5.74, 6) is 0.694. The number of carbonyl (C=O) groups is 1. The van der Waals surface area contributed by atoms with Crippen molar-refractivity contribution in [3.8, 4) is 5.69 Å². The third kappa shape index (κ3) is 4.01. The number of thioether (sulfide) groups is 1. The van der Waals surface area contributed by atoms with Gasteiger partial charge in [-0.15, -0.1) is 0 Å². The van der Waals surface area contributed by atoms with E-state index in [1.54, 1.807) is 6.20 Å². The summed E-state index contributed by atoms with van der Waals surface area (Å²) in [5.41, 5.74) is 3.60. The molecule has 0 saturated carbocycles. The van der Waals surface area contributed by atoms with Crippen molar-refractivity contribution >= 4 is 17.7 Å². The highest BCUT2D eigenvalue weighted by atomic mass is 32.2. The van der Waals surface area contributed by atoms with Crippen molar-refractivity contribution in [1.82, 2.24) is 14.5 Å². The highest BCUT2D eigenvalue weighted by Crippen LogP contribution is 2.24. The highest BCUT2D eigenvalue weighted by Gasteiger charge is 2.17. The molecule has 0 radical (unpaired) electrons. The quantitative estimate of drug-likeness (QED) is 0.788. The number of amides is 1. The molecule has 128 valence electrons. The van der Waals surface area contributed by atoms with Gasteiger partial charge in [-0.25, -0.2) is 4.98 Å². The van der Waals surface area contributed by atoms with Crippen molar-refractivity contribution in [3.63, 3.8) is 0 Å². The van der Waals surface area contributed by atoms with Crippen molar-refractivity contribution in [1.29, 1.82) is 0 Å². The maximum Gasteiger partial charge on any atom is 0.233 e. The molecule has 1 aliphatic heterocycles. The number of hydrogen-bond donors (Lipinski definition) is 0. The number of aromatic nitrogens is 2. The molecule has 1 fully saturated rings. The van der Waals surface area contributed by atoms with E-state index in [0.717, 1.165) is 36.8 Å². The van der Waals surface area contributed by atoms with Crippen LogP contribution >= 0.6 is 11.8 Å². The number of nitrogens with zero attached hydrogens (tertiary/aromatic N) is 3. The van der Waals surface area contributed by atoms with Gasteiger partial charge in [0, 0.05) is 25.5 Å². The van der Waals surface area contributed by atoms with Crippen LogP contribution in [0.2, 0.25) is 0 Å². The molecular formula is C19H25N3OS. The van der Waals surface area contributed by atoms with Gasteiger partial charge in [-0.1, -0.05) is 42.3 Å². The molecular weight excluding hydrogens is 318 g/mol. The van der Waals surface area contributed by atoms with E-state index in [2.05, 4.69) is 41.6 Å². The molecule has 24 heavy (non-hydrogen) atoms. The smallest absolute Gasteiger partial charge is 0.233 e. The minimum atomic E-state index is 0.233. The molecule has 1 aromatic carbocycles. The van der Waals surface area contributed by atoms with Crippen molar-refractivity contribution < 1.29 is 4.79 Å². The molecule has 0 spiro atoms. The van der Waals surface area contributed by atoms with E-state index >= 15 is 0 Å². The average molecular weight is 343 g/mol. The Kier molecular flexibility index (Phi) is 5.61. The molecule has 0 atom stereocenters. The number of carbonyl (C=O) groups excluding carboxylic acids is 1. The van der Waals surface area contributed by atoms with Gasteiger partial charge in [0.2, 0.25) is 5.91 Å². The first kappa shape index (κ1) is 17.1. The Bertz CT molecular complexity index is 702. The monoisotopic (exact) mass is 343 g/mol. The topological polar surface area (TPSA) is 38.1 Å². The van der Waals surface area contributed by atoms with Crippen molar-refractivity contribution in [2.75, 3.05) is 18.8 Å². The summed E-state index contributed by atoms with van der Waals surface area (Å²) >= 11 is 1.53. The van der Waals surface area contributed by atoms with Crippen LogP contribution in [0.1, 0.15) is 36.8 Å². The molecule has 1 aromatic heterocycles. The Morgan fingerprint density at radius 2 is 1.92 bits per heavy atom. The van der Waals surface area contributed by atoms with Crippen LogP contribution in [0.3, 0.4) is 0 Å². The van der Waals surface area contributed by atoms with Crippen LogP contribution in [0.15, 0.2) is 35.7 Å². The van der Waals surface area contributed by atoms with Crippen LogP contribution in [0.4, 0.5) is 0 Å². The summed E-state index contributed by atoms with van der Waals surface area (Å²) in [6, 6.07) is 6.40. The lowest BCUT2D eigenvalue weighted by Gasteiger charge is -2.20. The SMILES string of the molecule is Cc1ccc(-n2ccnc2SCC(=O)N2CCCCCC2)c(C)c1. The predicted octanol–water partition coefficient (Wildman–Crippen LogP) is 3.98. The lowest BCUT2D eigenvalue weighted by molar-refractivity contribution is -0.128. The molecule has 0 bridgehead atoms. The lowest BCUT2D eigenvalue weighted by atomic mass is 10.1. The number of aryl methyl sites for hydroxylation is 2. The molecule has 3 rings (SSSR count). The van der Waals surface area contributed by atoms with Crippen LogP contribution in [-0.4, -0.2) is 39.2 Å². The summed E-state index contributed by atoms with van der Waals surface area (Å²) in [6.07, 6.45) is 8.53. The maximum atomic E-state index is 12.5. The van der Waals surface area contributed by atoms with Crippen LogP contribution in [0, 0.1) is 13.8 Å². The van der Waals surface area contributed by atoms with Crippen LogP contribution in [0.25, 0.3) is 5.69 Å². The standard InChI is InChI=1S/C19H25N3OS/c1-15-7-8-17(16(2)13-15)22-12-9-20-19(22)24-14-18(23)21-10-5-3-4-6-11-21/h7-9,12-13H,3-6,10-11,14H2,1-2H3. The first-order chi connectivity index (χ1) is 11.6. The van der Waals surface area contributed by atoms with Gasteiger partial charge in [0.05, 0.1) is 11.4 Å². The van der Waals surface area contributed by atoms with Gasteiger partial charge in [-0.2, -0.15) is 0 Å². The van der Waals surface area contributed by atoms with Crippen LogP contribution in [0.5, 0.6) is 0 Å². The fourth-order valence-electron chi connectivity index (χ4n) is 3.19. The van der Waals surface area contributed by atoms with Gasteiger partial charge in [0.25, 0.3) is 0 Å². The second-order valence-corrected chi connectivity index (χ2v) is 7.40. The van der Waals surface area contributed by atoms with Crippen molar-refractivity contribution in [2.45, 2.75) is 44.7 Å². The molecule has 1 amide bonds. The maximum absolute atomic E-state index is 12.5. The number of rotatable bonds is 4. The summed E-state index contributed by atoms with van der Waals surface area (Å²) < 4.78 is 2.08. The summed E-state index contributed by atoms with van der Waals surface area (Å²) in [6.45, 7) is 6.02.